The van der Waals surface area contributed by atoms with Crippen molar-refractivity contribution < 1.29 is 4.74 Å². The molecule has 7 heteroatoms. The van der Waals surface area contributed by atoms with Crippen molar-refractivity contribution in [3.8, 4) is 28.7 Å². The molecule has 0 aliphatic carbocycles. The van der Waals surface area contributed by atoms with E-state index >= 15 is 0 Å². The van der Waals surface area contributed by atoms with Gasteiger partial charge in [0.1, 0.15) is 23.1 Å². The molecule has 0 unspecified atom stereocenters. The Balaban J connectivity index is 1.15. The predicted octanol–water partition coefficient (Wildman–Crippen LogP) is 10.7. The van der Waals surface area contributed by atoms with Crippen LogP contribution >= 0.6 is 0 Å². The lowest BCUT2D eigenvalue weighted by Gasteiger charge is -2.45. The third-order valence-corrected chi connectivity index (χ3v) is 17.3. The van der Waals surface area contributed by atoms with Crippen molar-refractivity contribution in [3.63, 3.8) is 0 Å². The molecule has 11 aromatic rings. The number of aromatic nitrogens is 4. The molecular weight excluding hydrogens is 775 g/mol. The highest BCUT2D eigenvalue weighted by atomic mass is 28.3. The number of imidazole rings is 1. The second kappa shape index (κ2) is 14.3. The van der Waals surface area contributed by atoms with E-state index in [1.165, 1.54) is 26.4 Å². The molecule has 0 saturated carbocycles. The van der Waals surface area contributed by atoms with Gasteiger partial charge in [0.05, 0.1) is 22.1 Å². The Morgan fingerprint density at radius 3 is 1.95 bits per heavy atom. The van der Waals surface area contributed by atoms with E-state index < -0.39 is 8.07 Å². The standard InChI is InChI=1S/C55H39N5OSi/c1-58-47-27-12-11-26-46(47)57-55(58)38-18-17-21-40(36-38)61-41-31-32-44-45-33-34-49-54(53(45)60(50(44)37-41)52-30-15-16-35-56-52)62(42-22-7-3-8-23-42,43-24-9-4-10-25-43)51-29-14-13-28-48(51)59(49)39-19-5-2-6-20-39/h2-37H,1H3. The zero-order valence-electron chi connectivity index (χ0n) is 33.9. The van der Waals surface area contributed by atoms with Crippen LogP contribution in [0, 0.1) is 0 Å². The maximum atomic E-state index is 6.79. The summed E-state index contributed by atoms with van der Waals surface area (Å²) in [5.41, 5.74) is 8.68. The number of fused-ring (bicyclic) bond motifs is 7. The van der Waals surface area contributed by atoms with Crippen molar-refractivity contribution in [1.82, 2.24) is 19.1 Å². The Kier molecular flexibility index (Phi) is 8.30. The first-order valence-electron chi connectivity index (χ1n) is 21.0. The normalized spacial score (nSPS) is 13.0. The first-order valence-corrected chi connectivity index (χ1v) is 23.0. The lowest BCUT2D eigenvalue weighted by molar-refractivity contribution is 0.483. The third kappa shape index (κ3) is 5.42. The van der Waals surface area contributed by atoms with Crippen LogP contribution in [0.1, 0.15) is 0 Å². The summed E-state index contributed by atoms with van der Waals surface area (Å²) in [4.78, 5) is 12.5. The SMILES string of the molecule is Cn1c(-c2cccc(Oc3ccc4c5ccc6c(c5n(-c5ccccn5)c4c3)[Si](c3ccccc3)(c3ccccc3)c3ccccc3N6c3ccccc3)c2)nc2ccccc21. The molecule has 0 N–H and O–H groups in total. The summed E-state index contributed by atoms with van der Waals surface area (Å²) in [6.45, 7) is 0. The van der Waals surface area contributed by atoms with E-state index in [9.17, 15) is 0 Å². The van der Waals surface area contributed by atoms with Crippen molar-refractivity contribution in [3.05, 3.63) is 219 Å². The van der Waals surface area contributed by atoms with Crippen LogP contribution in [-0.2, 0) is 7.05 Å². The summed E-state index contributed by atoms with van der Waals surface area (Å²) in [6.07, 6.45) is 1.89. The molecule has 0 amide bonds. The lowest BCUT2D eigenvalue weighted by atomic mass is 10.1. The Bertz CT molecular complexity index is 3420. The van der Waals surface area contributed by atoms with Gasteiger partial charge in [-0.05, 0) is 88.4 Å². The van der Waals surface area contributed by atoms with Gasteiger partial charge in [0, 0.05) is 57.9 Å². The highest BCUT2D eigenvalue weighted by Gasteiger charge is 2.50. The highest BCUT2D eigenvalue weighted by molar-refractivity contribution is 7.22. The summed E-state index contributed by atoms with van der Waals surface area (Å²) in [5.74, 6) is 3.21. The molecular formula is C55H39N5OSi. The van der Waals surface area contributed by atoms with Crippen LogP contribution < -0.4 is 30.4 Å². The average molecular weight is 814 g/mol. The Labute approximate surface area is 360 Å². The van der Waals surface area contributed by atoms with Gasteiger partial charge in [-0.25, -0.2) is 9.97 Å². The van der Waals surface area contributed by atoms with Crippen LogP contribution in [0.15, 0.2) is 219 Å². The first kappa shape index (κ1) is 35.9. The van der Waals surface area contributed by atoms with Crippen LogP contribution in [0.4, 0.5) is 17.1 Å². The molecule has 294 valence electrons. The van der Waals surface area contributed by atoms with Crippen LogP contribution in [0.2, 0.25) is 0 Å². The van der Waals surface area contributed by atoms with Gasteiger partial charge in [-0.3, -0.25) is 4.57 Å². The second-order valence-corrected chi connectivity index (χ2v) is 19.5. The molecule has 3 aromatic heterocycles. The van der Waals surface area contributed by atoms with Gasteiger partial charge in [-0.2, -0.15) is 0 Å². The number of anilines is 3. The van der Waals surface area contributed by atoms with Gasteiger partial charge in [0.2, 0.25) is 0 Å². The molecule has 0 atom stereocenters. The maximum Gasteiger partial charge on any atom is 0.186 e. The van der Waals surface area contributed by atoms with Gasteiger partial charge in [0.15, 0.2) is 8.07 Å². The van der Waals surface area contributed by atoms with Gasteiger partial charge in [-0.15, -0.1) is 0 Å². The molecule has 4 heterocycles. The Morgan fingerprint density at radius 2 is 1.19 bits per heavy atom. The zero-order valence-corrected chi connectivity index (χ0v) is 34.9. The number of benzene rings is 8. The molecule has 62 heavy (non-hydrogen) atoms. The molecule has 1 aliphatic heterocycles. The van der Waals surface area contributed by atoms with Crippen LogP contribution in [0.3, 0.4) is 0 Å². The van der Waals surface area contributed by atoms with E-state index in [0.717, 1.165) is 72.9 Å². The number of ether oxygens (including phenoxy) is 1. The smallest absolute Gasteiger partial charge is 0.186 e. The molecule has 0 fully saturated rings. The van der Waals surface area contributed by atoms with E-state index in [0.29, 0.717) is 0 Å². The number of pyridine rings is 1. The fourth-order valence-corrected chi connectivity index (χ4v) is 15.2. The summed E-state index contributed by atoms with van der Waals surface area (Å²) < 4.78 is 11.3. The van der Waals surface area contributed by atoms with Crippen molar-refractivity contribution in [2.24, 2.45) is 7.05 Å². The molecule has 1 aliphatic rings. The number of aryl methyl sites for hydroxylation is 1. The molecule has 12 rings (SSSR count). The highest BCUT2D eigenvalue weighted by Crippen LogP contribution is 2.43. The molecule has 0 spiro atoms. The summed E-state index contributed by atoms with van der Waals surface area (Å²) in [6, 6.07) is 76.0. The Morgan fingerprint density at radius 1 is 0.516 bits per heavy atom. The van der Waals surface area contributed by atoms with Crippen LogP contribution in [0.25, 0.3) is 50.0 Å². The largest absolute Gasteiger partial charge is 0.457 e. The summed E-state index contributed by atoms with van der Waals surface area (Å²) >= 11 is 0. The first-order chi connectivity index (χ1) is 30.7. The second-order valence-electron chi connectivity index (χ2n) is 15.8. The summed E-state index contributed by atoms with van der Waals surface area (Å²) in [5, 5.41) is 7.59. The minimum Gasteiger partial charge on any atom is -0.457 e. The van der Waals surface area contributed by atoms with Gasteiger partial charge in [0.25, 0.3) is 0 Å². The summed E-state index contributed by atoms with van der Waals surface area (Å²) in [7, 11) is -1.04. The molecule has 8 aromatic carbocycles. The van der Waals surface area contributed by atoms with E-state index in [-0.39, 0.29) is 0 Å². The van der Waals surface area contributed by atoms with Gasteiger partial charge in [-0.1, -0.05) is 133 Å². The average Bonchev–Trinajstić information content (AvgIpc) is 3.86. The van der Waals surface area contributed by atoms with Crippen molar-refractivity contribution in [1.29, 1.82) is 0 Å². The Hall–Kier alpha value is -8.00. The molecule has 0 radical (unpaired) electrons. The number of para-hydroxylation sites is 4. The lowest BCUT2D eigenvalue weighted by Crippen LogP contribution is -2.77. The number of rotatable bonds is 7. The monoisotopic (exact) mass is 813 g/mol. The fraction of sp³-hybridized carbons (Fsp3) is 0.0182. The van der Waals surface area contributed by atoms with Crippen LogP contribution in [0.5, 0.6) is 11.5 Å². The quantitative estimate of drug-likeness (QED) is 0.150. The van der Waals surface area contributed by atoms with Crippen LogP contribution in [-0.4, -0.2) is 27.2 Å². The zero-order chi connectivity index (χ0) is 41.2. The predicted molar refractivity (Wildman–Crippen MR) is 257 cm³/mol. The minimum atomic E-state index is -3.10. The third-order valence-electron chi connectivity index (χ3n) is 12.5. The van der Waals surface area contributed by atoms with Crippen molar-refractivity contribution >= 4 is 78.7 Å². The van der Waals surface area contributed by atoms with Gasteiger partial charge >= 0.3 is 0 Å². The number of hydrogen-bond acceptors (Lipinski definition) is 4. The van der Waals surface area contributed by atoms with E-state index in [2.05, 4.69) is 203 Å². The minimum absolute atomic E-state index is 0.736. The van der Waals surface area contributed by atoms with Crippen molar-refractivity contribution in [2.45, 2.75) is 0 Å². The van der Waals surface area contributed by atoms with E-state index in [1.807, 2.05) is 36.5 Å². The molecule has 0 saturated heterocycles. The molecule has 0 bridgehead atoms. The topological polar surface area (TPSA) is 48.1 Å². The molecule has 6 nitrogen and oxygen atoms in total. The number of nitrogens with zero attached hydrogens (tertiary/aromatic N) is 5. The van der Waals surface area contributed by atoms with E-state index in [1.54, 1.807) is 0 Å². The fourth-order valence-electron chi connectivity index (χ4n) is 9.90. The van der Waals surface area contributed by atoms with Gasteiger partial charge < -0.3 is 14.2 Å². The van der Waals surface area contributed by atoms with E-state index in [4.69, 9.17) is 14.7 Å². The van der Waals surface area contributed by atoms with Crippen molar-refractivity contribution in [2.75, 3.05) is 4.90 Å². The number of hydrogen-bond donors (Lipinski definition) is 0. The maximum absolute atomic E-state index is 6.79.